The maximum Gasteiger partial charge on any atom is 0.174 e. The minimum Gasteiger partial charge on any atom is -0.479 e. The molecule has 0 aliphatic rings. The van der Waals surface area contributed by atoms with E-state index in [2.05, 4.69) is 10.3 Å². The van der Waals surface area contributed by atoms with E-state index in [0.717, 1.165) is 11.4 Å². The van der Waals surface area contributed by atoms with Gasteiger partial charge in [-0.3, -0.25) is 4.98 Å². The number of hydrogen-bond acceptors (Lipinski definition) is 4. The normalized spacial score (nSPS) is 11.4. The number of hydrogen-bond donors (Lipinski definition) is 1. The van der Waals surface area contributed by atoms with Gasteiger partial charge in [0.05, 0.1) is 17.9 Å². The number of ether oxygens (including phenoxy) is 1. The highest BCUT2D eigenvalue weighted by atomic mass is 19.1. The zero-order valence-electron chi connectivity index (χ0n) is 11.0. The molecular weight excluding hydrogens is 257 g/mol. The third kappa shape index (κ3) is 3.69. The van der Waals surface area contributed by atoms with Crippen molar-refractivity contribution >= 4 is 5.69 Å². The van der Waals surface area contributed by atoms with Crippen molar-refractivity contribution in [1.82, 2.24) is 4.98 Å². The first kappa shape index (κ1) is 13.8. The van der Waals surface area contributed by atoms with Gasteiger partial charge in [0.25, 0.3) is 0 Å². The summed E-state index contributed by atoms with van der Waals surface area (Å²) in [5.41, 5.74) is 1.66. The summed E-state index contributed by atoms with van der Waals surface area (Å²) in [5.74, 6) is 0.296. The molecule has 0 aliphatic heterocycles. The zero-order valence-corrected chi connectivity index (χ0v) is 11.0. The summed E-state index contributed by atoms with van der Waals surface area (Å²) in [6, 6.07) is 12.2. The Bertz CT molecular complexity index is 590. The standard InChI is InChI=1S/C15H14FN3O/c1-11(15-7-2-12(16)10-18-15)19-13-3-5-14(6-4-13)20-9-8-17/h2-7,10-11,19H,9H2,1H3. The summed E-state index contributed by atoms with van der Waals surface area (Å²) in [5, 5.41) is 11.7. The van der Waals surface area contributed by atoms with Crippen LogP contribution in [0.4, 0.5) is 10.1 Å². The molecule has 1 N–H and O–H groups in total. The average Bonchev–Trinajstić information content (AvgIpc) is 2.47. The van der Waals surface area contributed by atoms with Crippen molar-refractivity contribution in [1.29, 1.82) is 5.26 Å². The average molecular weight is 271 g/mol. The lowest BCUT2D eigenvalue weighted by molar-refractivity contribution is 0.368. The topological polar surface area (TPSA) is 57.9 Å². The first-order valence-corrected chi connectivity index (χ1v) is 6.17. The first-order valence-electron chi connectivity index (χ1n) is 6.17. The molecule has 0 aliphatic carbocycles. The summed E-state index contributed by atoms with van der Waals surface area (Å²) in [4.78, 5) is 4.03. The molecule has 0 spiro atoms. The van der Waals surface area contributed by atoms with E-state index in [1.807, 2.05) is 25.1 Å². The lowest BCUT2D eigenvalue weighted by atomic mass is 10.2. The van der Waals surface area contributed by atoms with E-state index in [1.165, 1.54) is 12.3 Å². The van der Waals surface area contributed by atoms with E-state index in [1.54, 1.807) is 18.2 Å². The van der Waals surface area contributed by atoms with Gasteiger partial charge >= 0.3 is 0 Å². The van der Waals surface area contributed by atoms with Crippen molar-refractivity contribution < 1.29 is 9.13 Å². The summed E-state index contributed by atoms with van der Waals surface area (Å²) in [6.45, 7) is 1.98. The van der Waals surface area contributed by atoms with Gasteiger partial charge in [0, 0.05) is 5.69 Å². The number of pyridine rings is 1. The lowest BCUT2D eigenvalue weighted by Crippen LogP contribution is -2.08. The Morgan fingerprint density at radius 1 is 1.30 bits per heavy atom. The van der Waals surface area contributed by atoms with Crippen LogP contribution < -0.4 is 10.1 Å². The minimum atomic E-state index is -0.347. The molecule has 1 atom stereocenters. The molecule has 0 radical (unpaired) electrons. The van der Waals surface area contributed by atoms with Gasteiger partial charge in [-0.25, -0.2) is 4.39 Å². The molecular formula is C15H14FN3O. The van der Waals surface area contributed by atoms with Crippen LogP contribution in [0.5, 0.6) is 5.75 Å². The van der Waals surface area contributed by atoms with Crippen molar-refractivity contribution in [2.45, 2.75) is 13.0 Å². The largest absolute Gasteiger partial charge is 0.479 e. The van der Waals surface area contributed by atoms with Crippen molar-refractivity contribution in [3.63, 3.8) is 0 Å². The zero-order chi connectivity index (χ0) is 14.4. The smallest absolute Gasteiger partial charge is 0.174 e. The van der Waals surface area contributed by atoms with E-state index in [4.69, 9.17) is 10.00 Å². The van der Waals surface area contributed by atoms with Crippen LogP contribution in [0.15, 0.2) is 42.6 Å². The monoisotopic (exact) mass is 271 g/mol. The number of benzene rings is 1. The highest BCUT2D eigenvalue weighted by Crippen LogP contribution is 2.20. The van der Waals surface area contributed by atoms with Gasteiger partial charge in [-0.05, 0) is 43.3 Å². The fourth-order valence-corrected chi connectivity index (χ4v) is 1.73. The van der Waals surface area contributed by atoms with E-state index < -0.39 is 0 Å². The fraction of sp³-hybridized carbons (Fsp3) is 0.200. The highest BCUT2D eigenvalue weighted by Gasteiger charge is 2.07. The maximum atomic E-state index is 12.8. The Labute approximate surface area is 116 Å². The van der Waals surface area contributed by atoms with E-state index in [-0.39, 0.29) is 18.5 Å². The molecule has 5 heteroatoms. The number of halogens is 1. The Kier molecular flexibility index (Phi) is 4.51. The Hall–Kier alpha value is -2.61. The van der Waals surface area contributed by atoms with Gasteiger partial charge in [-0.1, -0.05) is 0 Å². The molecule has 4 nitrogen and oxygen atoms in total. The number of nitriles is 1. The Morgan fingerprint density at radius 2 is 2.05 bits per heavy atom. The number of nitrogens with zero attached hydrogens (tertiary/aromatic N) is 2. The molecule has 1 aromatic carbocycles. The number of nitrogens with one attached hydrogen (secondary N) is 1. The molecule has 0 saturated heterocycles. The summed E-state index contributed by atoms with van der Waals surface area (Å²) in [7, 11) is 0. The van der Waals surface area contributed by atoms with Gasteiger partial charge in [0.15, 0.2) is 6.61 Å². The highest BCUT2D eigenvalue weighted by molar-refractivity contribution is 5.47. The molecule has 1 heterocycles. The van der Waals surface area contributed by atoms with Crippen LogP contribution in [0.2, 0.25) is 0 Å². The molecule has 0 amide bonds. The van der Waals surface area contributed by atoms with Gasteiger partial charge < -0.3 is 10.1 Å². The van der Waals surface area contributed by atoms with Gasteiger partial charge in [-0.15, -0.1) is 0 Å². The van der Waals surface area contributed by atoms with Crippen molar-refractivity contribution in [3.05, 3.63) is 54.1 Å². The third-order valence-electron chi connectivity index (χ3n) is 2.73. The first-order chi connectivity index (χ1) is 9.69. The number of anilines is 1. The molecule has 2 aromatic rings. The molecule has 0 saturated carbocycles. The minimum absolute atomic E-state index is 0.0304. The molecule has 2 rings (SSSR count). The molecule has 20 heavy (non-hydrogen) atoms. The third-order valence-corrected chi connectivity index (χ3v) is 2.73. The van der Waals surface area contributed by atoms with Gasteiger partial charge in [-0.2, -0.15) is 5.26 Å². The summed E-state index contributed by atoms with van der Waals surface area (Å²) in [6.07, 6.45) is 1.20. The van der Waals surface area contributed by atoms with Crippen molar-refractivity contribution in [3.8, 4) is 11.8 Å². The Balaban J connectivity index is 1.99. The van der Waals surface area contributed by atoms with E-state index in [0.29, 0.717) is 5.75 Å². The van der Waals surface area contributed by atoms with Crippen LogP contribution in [0.25, 0.3) is 0 Å². The van der Waals surface area contributed by atoms with E-state index >= 15 is 0 Å². The number of rotatable bonds is 5. The van der Waals surface area contributed by atoms with Crippen LogP contribution in [0, 0.1) is 17.1 Å². The predicted molar refractivity (Wildman–Crippen MR) is 73.8 cm³/mol. The van der Waals surface area contributed by atoms with Crippen LogP contribution >= 0.6 is 0 Å². The van der Waals surface area contributed by atoms with Crippen LogP contribution in [-0.2, 0) is 0 Å². The molecule has 1 aromatic heterocycles. The second-order valence-electron chi connectivity index (χ2n) is 4.24. The molecule has 102 valence electrons. The summed E-state index contributed by atoms with van der Waals surface area (Å²) < 4.78 is 18.0. The molecule has 0 bridgehead atoms. The molecule has 0 fully saturated rings. The Morgan fingerprint density at radius 3 is 2.65 bits per heavy atom. The lowest BCUT2D eigenvalue weighted by Gasteiger charge is -2.15. The van der Waals surface area contributed by atoms with Crippen molar-refractivity contribution in [2.75, 3.05) is 11.9 Å². The second kappa shape index (κ2) is 6.53. The van der Waals surface area contributed by atoms with Gasteiger partial charge in [0.1, 0.15) is 17.6 Å². The van der Waals surface area contributed by atoms with Crippen LogP contribution in [0.3, 0.4) is 0 Å². The van der Waals surface area contributed by atoms with Crippen LogP contribution in [0.1, 0.15) is 18.7 Å². The van der Waals surface area contributed by atoms with Gasteiger partial charge in [0.2, 0.25) is 0 Å². The van der Waals surface area contributed by atoms with Crippen LogP contribution in [-0.4, -0.2) is 11.6 Å². The second-order valence-corrected chi connectivity index (χ2v) is 4.24. The van der Waals surface area contributed by atoms with Crippen molar-refractivity contribution in [2.24, 2.45) is 0 Å². The SMILES string of the molecule is CC(Nc1ccc(OCC#N)cc1)c1ccc(F)cn1. The number of aromatic nitrogens is 1. The maximum absolute atomic E-state index is 12.8. The fourth-order valence-electron chi connectivity index (χ4n) is 1.73. The van der Waals surface area contributed by atoms with E-state index in [9.17, 15) is 4.39 Å². The predicted octanol–water partition coefficient (Wildman–Crippen LogP) is 3.30. The summed E-state index contributed by atoms with van der Waals surface area (Å²) >= 11 is 0. The molecule has 1 unspecified atom stereocenters. The quantitative estimate of drug-likeness (QED) is 0.906.